The van der Waals surface area contributed by atoms with Gasteiger partial charge in [-0.25, -0.2) is 9.37 Å². The van der Waals surface area contributed by atoms with Gasteiger partial charge in [0, 0.05) is 24.4 Å². The molecule has 3 nitrogen and oxygen atoms in total. The summed E-state index contributed by atoms with van der Waals surface area (Å²) in [6, 6.07) is 10.1. The Bertz CT molecular complexity index is 559. The number of aliphatic hydroxyl groups excluding tert-OH is 1. The van der Waals surface area contributed by atoms with Crippen LogP contribution in [0.4, 0.5) is 10.2 Å². The molecule has 0 bridgehead atoms. The maximum atomic E-state index is 13.8. The number of hydrogen-bond donors (Lipinski definition) is 1. The van der Waals surface area contributed by atoms with Crippen molar-refractivity contribution in [1.82, 2.24) is 4.98 Å². The van der Waals surface area contributed by atoms with Gasteiger partial charge in [0.05, 0.1) is 12.6 Å². The molecule has 100 valence electrons. The first kappa shape index (κ1) is 13.5. The summed E-state index contributed by atoms with van der Waals surface area (Å²) in [7, 11) is 1.85. The van der Waals surface area contributed by atoms with Crippen molar-refractivity contribution in [2.24, 2.45) is 0 Å². The van der Waals surface area contributed by atoms with Crippen LogP contribution in [-0.2, 0) is 6.61 Å². The zero-order chi connectivity index (χ0) is 13.8. The Morgan fingerprint density at radius 1 is 1.26 bits per heavy atom. The van der Waals surface area contributed by atoms with Crippen molar-refractivity contribution in [2.45, 2.75) is 19.6 Å². The van der Waals surface area contributed by atoms with Crippen LogP contribution in [0.2, 0.25) is 0 Å². The van der Waals surface area contributed by atoms with Crippen molar-refractivity contribution in [2.75, 3.05) is 11.9 Å². The third-order valence-corrected chi connectivity index (χ3v) is 3.31. The molecular formula is C15H17FN2O. The van der Waals surface area contributed by atoms with Gasteiger partial charge in [0.1, 0.15) is 11.6 Å². The number of hydrogen-bond acceptors (Lipinski definition) is 3. The van der Waals surface area contributed by atoms with Crippen LogP contribution in [0.1, 0.15) is 24.1 Å². The van der Waals surface area contributed by atoms with Gasteiger partial charge in [-0.1, -0.05) is 24.3 Å². The van der Waals surface area contributed by atoms with E-state index in [0.29, 0.717) is 11.4 Å². The smallest absolute Gasteiger partial charge is 0.134 e. The number of benzene rings is 1. The quantitative estimate of drug-likeness (QED) is 0.918. The highest BCUT2D eigenvalue weighted by atomic mass is 19.1. The number of anilines is 1. The maximum absolute atomic E-state index is 13.8. The largest absolute Gasteiger partial charge is 0.392 e. The normalized spacial score (nSPS) is 12.2. The van der Waals surface area contributed by atoms with E-state index in [2.05, 4.69) is 4.98 Å². The van der Waals surface area contributed by atoms with E-state index < -0.39 is 0 Å². The Balaban J connectivity index is 2.34. The molecule has 1 aromatic heterocycles. The van der Waals surface area contributed by atoms with E-state index in [0.717, 1.165) is 5.56 Å². The molecule has 0 aliphatic heterocycles. The highest BCUT2D eigenvalue weighted by molar-refractivity contribution is 5.48. The highest BCUT2D eigenvalue weighted by Gasteiger charge is 2.18. The van der Waals surface area contributed by atoms with Crippen LogP contribution in [0.15, 0.2) is 42.6 Å². The topological polar surface area (TPSA) is 36.4 Å². The van der Waals surface area contributed by atoms with Crippen molar-refractivity contribution in [3.63, 3.8) is 0 Å². The second-order valence-electron chi connectivity index (χ2n) is 4.45. The van der Waals surface area contributed by atoms with Crippen LogP contribution < -0.4 is 4.90 Å². The summed E-state index contributed by atoms with van der Waals surface area (Å²) in [6.45, 7) is 1.83. The SMILES string of the molecule is CC(c1ccccc1F)N(C)c1ncccc1CO. The van der Waals surface area contributed by atoms with Crippen molar-refractivity contribution in [1.29, 1.82) is 0 Å². The summed E-state index contributed by atoms with van der Waals surface area (Å²) in [5, 5.41) is 9.33. The van der Waals surface area contributed by atoms with Crippen molar-refractivity contribution < 1.29 is 9.50 Å². The van der Waals surface area contributed by atoms with Crippen LogP contribution in [0.3, 0.4) is 0 Å². The summed E-state index contributed by atoms with van der Waals surface area (Å²) in [6.07, 6.45) is 1.67. The van der Waals surface area contributed by atoms with E-state index in [4.69, 9.17) is 0 Å². The van der Waals surface area contributed by atoms with Gasteiger partial charge < -0.3 is 10.0 Å². The van der Waals surface area contributed by atoms with Crippen LogP contribution >= 0.6 is 0 Å². The first-order valence-corrected chi connectivity index (χ1v) is 6.17. The van der Waals surface area contributed by atoms with Gasteiger partial charge in [-0.15, -0.1) is 0 Å². The summed E-state index contributed by atoms with van der Waals surface area (Å²) in [5.74, 6) is 0.434. The molecule has 0 saturated carbocycles. The van der Waals surface area contributed by atoms with E-state index in [9.17, 15) is 9.50 Å². The maximum Gasteiger partial charge on any atom is 0.134 e. The minimum absolute atomic E-state index is 0.0858. The summed E-state index contributed by atoms with van der Waals surface area (Å²) in [4.78, 5) is 6.13. The molecule has 19 heavy (non-hydrogen) atoms. The fraction of sp³-hybridized carbons (Fsp3) is 0.267. The number of pyridine rings is 1. The number of nitrogens with zero attached hydrogens (tertiary/aromatic N) is 2. The van der Waals surface area contributed by atoms with Crippen molar-refractivity contribution >= 4 is 5.82 Å². The molecule has 4 heteroatoms. The van der Waals surface area contributed by atoms with E-state index in [1.165, 1.54) is 6.07 Å². The second kappa shape index (κ2) is 5.80. The van der Waals surface area contributed by atoms with Gasteiger partial charge in [0.15, 0.2) is 0 Å². The Morgan fingerprint density at radius 3 is 2.68 bits per heavy atom. The molecule has 1 unspecified atom stereocenters. The lowest BCUT2D eigenvalue weighted by Crippen LogP contribution is -2.24. The fourth-order valence-corrected chi connectivity index (χ4v) is 2.08. The number of rotatable bonds is 4. The molecule has 0 aliphatic carbocycles. The van der Waals surface area contributed by atoms with E-state index >= 15 is 0 Å². The molecule has 1 atom stereocenters. The molecule has 1 N–H and O–H groups in total. The monoisotopic (exact) mass is 260 g/mol. The summed E-state index contributed by atoms with van der Waals surface area (Å²) < 4.78 is 13.8. The number of halogens is 1. The summed E-state index contributed by atoms with van der Waals surface area (Å²) >= 11 is 0. The fourth-order valence-electron chi connectivity index (χ4n) is 2.08. The number of aliphatic hydroxyl groups is 1. The van der Waals surface area contributed by atoms with E-state index in [1.54, 1.807) is 24.4 Å². The molecular weight excluding hydrogens is 243 g/mol. The Morgan fingerprint density at radius 2 is 2.00 bits per heavy atom. The molecule has 2 aromatic rings. The third kappa shape index (κ3) is 2.74. The first-order valence-electron chi connectivity index (χ1n) is 6.17. The first-order chi connectivity index (χ1) is 9.15. The molecule has 0 saturated heterocycles. The zero-order valence-corrected chi connectivity index (χ0v) is 11.0. The molecule has 2 rings (SSSR count). The predicted molar refractivity (Wildman–Crippen MR) is 73.4 cm³/mol. The minimum Gasteiger partial charge on any atom is -0.392 e. The van der Waals surface area contributed by atoms with Gasteiger partial charge >= 0.3 is 0 Å². The van der Waals surface area contributed by atoms with Crippen LogP contribution in [-0.4, -0.2) is 17.1 Å². The van der Waals surface area contributed by atoms with E-state index in [-0.39, 0.29) is 18.5 Å². The van der Waals surface area contributed by atoms with Gasteiger partial charge in [-0.05, 0) is 19.1 Å². The Labute approximate surface area is 112 Å². The average Bonchev–Trinajstić information content (AvgIpc) is 2.46. The lowest BCUT2D eigenvalue weighted by Gasteiger charge is -2.28. The van der Waals surface area contributed by atoms with E-state index in [1.807, 2.05) is 31.0 Å². The average molecular weight is 260 g/mol. The van der Waals surface area contributed by atoms with Gasteiger partial charge in [0.25, 0.3) is 0 Å². The van der Waals surface area contributed by atoms with Gasteiger partial charge in [-0.3, -0.25) is 0 Å². The second-order valence-corrected chi connectivity index (χ2v) is 4.45. The molecule has 1 aromatic carbocycles. The minimum atomic E-state index is -0.233. The van der Waals surface area contributed by atoms with Crippen LogP contribution in [0.25, 0.3) is 0 Å². The standard InChI is InChI=1S/C15H17FN2O/c1-11(13-7-3-4-8-14(13)16)18(2)15-12(10-19)6-5-9-17-15/h3-9,11,19H,10H2,1-2H3. The van der Waals surface area contributed by atoms with Crippen LogP contribution in [0.5, 0.6) is 0 Å². The predicted octanol–water partition coefficient (Wildman–Crippen LogP) is 2.91. The molecule has 0 amide bonds. The summed E-state index contributed by atoms with van der Waals surface area (Å²) in [5.41, 5.74) is 1.34. The molecule has 0 spiro atoms. The van der Waals surface area contributed by atoms with Crippen LogP contribution in [0, 0.1) is 5.82 Å². The van der Waals surface area contributed by atoms with Crippen molar-refractivity contribution in [3.8, 4) is 0 Å². The van der Waals surface area contributed by atoms with Gasteiger partial charge in [-0.2, -0.15) is 0 Å². The molecule has 0 aliphatic rings. The molecule has 1 heterocycles. The van der Waals surface area contributed by atoms with Gasteiger partial charge in [0.2, 0.25) is 0 Å². The Kier molecular flexibility index (Phi) is 4.12. The highest BCUT2D eigenvalue weighted by Crippen LogP contribution is 2.27. The lowest BCUT2D eigenvalue weighted by atomic mass is 10.1. The zero-order valence-electron chi connectivity index (χ0n) is 11.0. The third-order valence-electron chi connectivity index (χ3n) is 3.31. The molecule has 0 fully saturated rings. The molecule has 0 radical (unpaired) electrons. The Hall–Kier alpha value is -1.94. The number of aromatic nitrogens is 1. The lowest BCUT2D eigenvalue weighted by molar-refractivity contribution is 0.281. The van der Waals surface area contributed by atoms with Crippen molar-refractivity contribution in [3.05, 3.63) is 59.5 Å².